The van der Waals surface area contributed by atoms with Gasteiger partial charge in [-0.1, -0.05) is 23.2 Å². The first-order valence-corrected chi connectivity index (χ1v) is 4.97. The van der Waals surface area contributed by atoms with Crippen molar-refractivity contribution in [2.45, 2.75) is 6.54 Å². The van der Waals surface area contributed by atoms with Crippen LogP contribution >= 0.6 is 23.2 Å². The van der Waals surface area contributed by atoms with Gasteiger partial charge in [-0.25, -0.2) is 0 Å². The monoisotopic (exact) mass is 233 g/mol. The molecular formula is C10H13Cl2NO. The average Bonchev–Trinajstić information content (AvgIpc) is 2.01. The third kappa shape index (κ3) is 2.77. The summed E-state index contributed by atoms with van der Waals surface area (Å²) in [6, 6.07) is 3.55. The van der Waals surface area contributed by atoms with E-state index in [-0.39, 0.29) is 0 Å². The van der Waals surface area contributed by atoms with Gasteiger partial charge >= 0.3 is 0 Å². The second-order valence-electron chi connectivity index (χ2n) is 3.32. The number of ether oxygens (including phenoxy) is 1. The molecule has 0 radical (unpaired) electrons. The fourth-order valence-corrected chi connectivity index (χ4v) is 1.91. The Kier molecular flexibility index (Phi) is 4.05. The number of hydrogen-bond acceptors (Lipinski definition) is 2. The van der Waals surface area contributed by atoms with E-state index in [1.165, 1.54) is 0 Å². The first-order chi connectivity index (χ1) is 6.54. The number of rotatable bonds is 3. The highest BCUT2D eigenvalue weighted by molar-refractivity contribution is 6.35. The van der Waals surface area contributed by atoms with Crippen molar-refractivity contribution in [3.63, 3.8) is 0 Å². The highest BCUT2D eigenvalue weighted by Gasteiger charge is 2.09. The highest BCUT2D eigenvalue weighted by Crippen LogP contribution is 2.32. The Morgan fingerprint density at radius 2 is 1.93 bits per heavy atom. The molecule has 2 nitrogen and oxygen atoms in total. The normalized spacial score (nSPS) is 10.7. The van der Waals surface area contributed by atoms with E-state index in [1.807, 2.05) is 25.1 Å². The molecule has 0 unspecified atom stereocenters. The van der Waals surface area contributed by atoms with E-state index in [9.17, 15) is 0 Å². The molecular weight excluding hydrogens is 221 g/mol. The maximum Gasteiger partial charge on any atom is 0.142 e. The lowest BCUT2D eigenvalue weighted by Crippen LogP contribution is -2.11. The summed E-state index contributed by atoms with van der Waals surface area (Å²) in [4.78, 5) is 2.03. The molecule has 0 bridgehead atoms. The van der Waals surface area contributed by atoms with E-state index in [2.05, 4.69) is 0 Å². The van der Waals surface area contributed by atoms with Crippen molar-refractivity contribution in [1.82, 2.24) is 4.90 Å². The predicted molar refractivity (Wildman–Crippen MR) is 60.4 cm³/mol. The smallest absolute Gasteiger partial charge is 0.142 e. The molecule has 0 atom stereocenters. The highest BCUT2D eigenvalue weighted by atomic mass is 35.5. The zero-order valence-corrected chi connectivity index (χ0v) is 9.99. The molecule has 0 aliphatic heterocycles. The summed E-state index contributed by atoms with van der Waals surface area (Å²) in [5.74, 6) is 0.699. The molecule has 1 aromatic rings. The van der Waals surface area contributed by atoms with Crippen molar-refractivity contribution >= 4 is 23.2 Å². The van der Waals surface area contributed by atoms with Gasteiger partial charge in [-0.2, -0.15) is 0 Å². The van der Waals surface area contributed by atoms with Gasteiger partial charge < -0.3 is 9.64 Å². The second kappa shape index (κ2) is 4.87. The Hall–Kier alpha value is -0.440. The van der Waals surface area contributed by atoms with Gasteiger partial charge in [0.2, 0.25) is 0 Å². The lowest BCUT2D eigenvalue weighted by molar-refractivity contribution is 0.372. The van der Waals surface area contributed by atoms with Crippen LogP contribution in [0.25, 0.3) is 0 Å². The first kappa shape index (κ1) is 11.6. The van der Waals surface area contributed by atoms with Crippen LogP contribution in [0.4, 0.5) is 0 Å². The van der Waals surface area contributed by atoms with Crippen LogP contribution in [0.3, 0.4) is 0 Å². The Balaban J connectivity index is 3.11. The lowest BCUT2D eigenvalue weighted by atomic mass is 10.2. The number of methoxy groups -OCH3 is 1. The fraction of sp³-hybridized carbons (Fsp3) is 0.400. The zero-order chi connectivity index (χ0) is 10.7. The molecule has 0 spiro atoms. The van der Waals surface area contributed by atoms with Crippen molar-refractivity contribution in [3.8, 4) is 5.75 Å². The Bertz CT molecular complexity index is 326. The molecule has 1 aromatic carbocycles. The van der Waals surface area contributed by atoms with Crippen molar-refractivity contribution in [2.24, 2.45) is 0 Å². The zero-order valence-electron chi connectivity index (χ0n) is 8.47. The molecule has 0 saturated heterocycles. The molecule has 0 heterocycles. The molecule has 1 rings (SSSR count). The number of nitrogens with zero attached hydrogens (tertiary/aromatic N) is 1. The topological polar surface area (TPSA) is 12.5 Å². The molecule has 78 valence electrons. The largest absolute Gasteiger partial charge is 0.495 e. The minimum Gasteiger partial charge on any atom is -0.495 e. The lowest BCUT2D eigenvalue weighted by Gasteiger charge is -2.14. The summed E-state index contributed by atoms with van der Waals surface area (Å²) >= 11 is 11.9. The number of benzene rings is 1. The van der Waals surface area contributed by atoms with E-state index >= 15 is 0 Å². The summed E-state index contributed by atoms with van der Waals surface area (Å²) in [6.07, 6.45) is 0. The van der Waals surface area contributed by atoms with Gasteiger partial charge in [0.05, 0.1) is 12.1 Å². The minimum absolute atomic E-state index is 0.553. The predicted octanol–water partition coefficient (Wildman–Crippen LogP) is 3.06. The van der Waals surface area contributed by atoms with Gasteiger partial charge in [0.1, 0.15) is 5.75 Å². The molecule has 0 N–H and O–H groups in total. The van der Waals surface area contributed by atoms with Gasteiger partial charge in [0.25, 0.3) is 0 Å². The quantitative estimate of drug-likeness (QED) is 0.796. The van der Waals surface area contributed by atoms with Crippen LogP contribution in [0.15, 0.2) is 12.1 Å². The molecule has 0 saturated carbocycles. The van der Waals surface area contributed by atoms with Crippen LogP contribution in [0.5, 0.6) is 5.75 Å². The van der Waals surface area contributed by atoms with Gasteiger partial charge in [0, 0.05) is 17.1 Å². The molecule has 0 amide bonds. The van der Waals surface area contributed by atoms with Crippen LogP contribution in [0.2, 0.25) is 10.0 Å². The average molecular weight is 234 g/mol. The van der Waals surface area contributed by atoms with Crippen molar-refractivity contribution in [1.29, 1.82) is 0 Å². The molecule has 0 fully saturated rings. The Morgan fingerprint density at radius 1 is 1.29 bits per heavy atom. The Labute approximate surface area is 94.4 Å². The van der Waals surface area contributed by atoms with Crippen molar-refractivity contribution in [2.75, 3.05) is 21.2 Å². The van der Waals surface area contributed by atoms with Crippen LogP contribution < -0.4 is 4.74 Å². The summed E-state index contributed by atoms with van der Waals surface area (Å²) in [5.41, 5.74) is 0.995. The third-order valence-electron chi connectivity index (χ3n) is 1.78. The summed E-state index contributed by atoms with van der Waals surface area (Å²) in [5, 5.41) is 1.18. The van der Waals surface area contributed by atoms with E-state index in [4.69, 9.17) is 27.9 Å². The second-order valence-corrected chi connectivity index (χ2v) is 4.16. The van der Waals surface area contributed by atoms with Gasteiger partial charge in [-0.15, -0.1) is 0 Å². The Morgan fingerprint density at radius 3 is 2.43 bits per heavy atom. The fourth-order valence-electron chi connectivity index (χ4n) is 1.30. The van der Waals surface area contributed by atoms with E-state index in [0.29, 0.717) is 15.8 Å². The molecule has 0 aromatic heterocycles. The summed E-state index contributed by atoms with van der Waals surface area (Å²) in [6.45, 7) is 0.753. The van der Waals surface area contributed by atoms with Crippen molar-refractivity contribution < 1.29 is 4.74 Å². The number of halogens is 2. The summed E-state index contributed by atoms with van der Waals surface area (Å²) in [7, 11) is 5.57. The standard InChI is InChI=1S/C10H13Cl2NO/c1-13(2)6-7-4-8(11)5-9(12)10(7)14-3/h4-5H,6H2,1-3H3. The first-order valence-electron chi connectivity index (χ1n) is 4.21. The van der Waals surface area contributed by atoms with Gasteiger partial charge in [0.15, 0.2) is 0 Å². The van der Waals surface area contributed by atoms with Crippen LogP contribution in [-0.2, 0) is 6.54 Å². The van der Waals surface area contributed by atoms with Crippen LogP contribution in [0.1, 0.15) is 5.56 Å². The van der Waals surface area contributed by atoms with Gasteiger partial charge in [-0.05, 0) is 26.2 Å². The minimum atomic E-state index is 0.553. The molecule has 14 heavy (non-hydrogen) atoms. The maximum absolute atomic E-state index is 5.99. The van der Waals surface area contributed by atoms with E-state index in [1.54, 1.807) is 13.2 Å². The maximum atomic E-state index is 5.99. The van der Waals surface area contributed by atoms with Crippen LogP contribution in [-0.4, -0.2) is 26.1 Å². The van der Waals surface area contributed by atoms with Gasteiger partial charge in [-0.3, -0.25) is 0 Å². The van der Waals surface area contributed by atoms with E-state index < -0.39 is 0 Å². The van der Waals surface area contributed by atoms with Crippen LogP contribution in [0, 0.1) is 0 Å². The number of hydrogen-bond donors (Lipinski definition) is 0. The molecule has 0 aliphatic rings. The SMILES string of the molecule is COc1c(Cl)cc(Cl)cc1CN(C)C. The van der Waals surface area contributed by atoms with E-state index in [0.717, 1.165) is 12.1 Å². The molecule has 4 heteroatoms. The van der Waals surface area contributed by atoms with Crippen molar-refractivity contribution in [3.05, 3.63) is 27.7 Å². The summed E-state index contributed by atoms with van der Waals surface area (Å²) < 4.78 is 5.21. The third-order valence-corrected chi connectivity index (χ3v) is 2.27. The molecule has 0 aliphatic carbocycles.